The molecular weight excluding hydrogens is 360 g/mol. The van der Waals surface area contributed by atoms with E-state index in [0.717, 1.165) is 5.56 Å². The largest absolute Gasteiger partial charge is 0.261 e. The maximum Gasteiger partial charge on any atom is 0.182 e. The third-order valence-corrected chi connectivity index (χ3v) is 6.33. The third kappa shape index (κ3) is 4.09. The van der Waals surface area contributed by atoms with Gasteiger partial charge in [-0.2, -0.15) is 10.2 Å². The highest BCUT2D eigenvalue weighted by molar-refractivity contribution is 7.92. The Bertz CT molecular complexity index is 1050. The summed E-state index contributed by atoms with van der Waals surface area (Å²) in [5, 5.41) is 7.99. The predicted molar refractivity (Wildman–Crippen MR) is 108 cm³/mol. The van der Waals surface area contributed by atoms with Crippen LogP contribution in [-0.2, 0) is 9.84 Å². The molecule has 0 unspecified atom stereocenters. The molecule has 0 radical (unpaired) electrons. The molecule has 3 aromatic rings. The highest BCUT2D eigenvalue weighted by Gasteiger charge is 2.24. The Kier molecular flexibility index (Phi) is 5.41. The molecule has 0 aliphatic carbocycles. The summed E-state index contributed by atoms with van der Waals surface area (Å²) in [6.45, 7) is 5.36. The molecule has 0 aliphatic rings. The molecule has 3 rings (SSSR count). The summed E-state index contributed by atoms with van der Waals surface area (Å²) in [6.07, 6.45) is 3.30. The fourth-order valence-electron chi connectivity index (χ4n) is 2.53. The lowest BCUT2D eigenvalue weighted by molar-refractivity contribution is 0.586. The minimum absolute atomic E-state index is 0.245. The first-order valence-corrected chi connectivity index (χ1v) is 10.2. The Morgan fingerprint density at radius 3 is 2.48 bits per heavy atom. The van der Waals surface area contributed by atoms with Crippen molar-refractivity contribution in [2.24, 2.45) is 5.10 Å². The van der Waals surface area contributed by atoms with E-state index in [-0.39, 0.29) is 4.90 Å². The van der Waals surface area contributed by atoms with Crippen LogP contribution in [0.15, 0.2) is 70.8 Å². The van der Waals surface area contributed by atoms with E-state index in [1.54, 1.807) is 61.3 Å². The minimum Gasteiger partial charge on any atom is -0.261 e. The van der Waals surface area contributed by atoms with Gasteiger partial charge in [-0.3, -0.25) is 5.43 Å². The number of anilines is 1. The van der Waals surface area contributed by atoms with Crippen LogP contribution in [0.4, 0.5) is 5.82 Å². The molecule has 7 heteroatoms. The monoisotopic (exact) mass is 382 g/mol. The van der Waals surface area contributed by atoms with E-state index >= 15 is 0 Å². The van der Waals surface area contributed by atoms with Gasteiger partial charge < -0.3 is 0 Å². The van der Waals surface area contributed by atoms with Crippen molar-refractivity contribution in [3.63, 3.8) is 0 Å². The number of hydrazone groups is 1. The summed E-state index contributed by atoms with van der Waals surface area (Å²) in [7, 11) is -3.44. The summed E-state index contributed by atoms with van der Waals surface area (Å²) in [6, 6.07) is 16.6. The Morgan fingerprint density at radius 1 is 1.07 bits per heavy atom. The van der Waals surface area contributed by atoms with Crippen LogP contribution in [0.5, 0.6) is 0 Å². The number of nitrogens with zero attached hydrogens (tertiary/aromatic N) is 3. The molecule has 0 amide bonds. The van der Waals surface area contributed by atoms with Gasteiger partial charge in [-0.1, -0.05) is 42.0 Å². The van der Waals surface area contributed by atoms with E-state index in [1.807, 2.05) is 31.2 Å². The molecule has 1 aromatic heterocycles. The highest BCUT2D eigenvalue weighted by atomic mass is 32.2. The number of aryl methyl sites for hydroxylation is 1. The van der Waals surface area contributed by atoms with Gasteiger partial charge in [-0.05, 0) is 38.5 Å². The number of aromatic nitrogens is 2. The molecular formula is C20H22N4O2S. The van der Waals surface area contributed by atoms with E-state index in [0.29, 0.717) is 11.5 Å². The number of rotatable bonds is 6. The van der Waals surface area contributed by atoms with Crippen LogP contribution in [0, 0.1) is 6.92 Å². The summed E-state index contributed by atoms with van der Waals surface area (Å²) >= 11 is 0. The molecule has 1 N–H and O–H groups in total. The highest BCUT2D eigenvalue weighted by Crippen LogP contribution is 2.25. The van der Waals surface area contributed by atoms with Crippen LogP contribution in [0.3, 0.4) is 0 Å². The first-order chi connectivity index (χ1) is 12.9. The Hall–Kier alpha value is -2.93. The molecule has 0 fully saturated rings. The van der Waals surface area contributed by atoms with Gasteiger partial charge in [-0.15, -0.1) is 0 Å². The number of sulfone groups is 1. The summed E-state index contributed by atoms with van der Waals surface area (Å²) in [5.74, 6) is 0.574. The molecule has 2 aromatic carbocycles. The summed E-state index contributed by atoms with van der Waals surface area (Å²) in [5.41, 5.74) is 5.57. The van der Waals surface area contributed by atoms with Crippen molar-refractivity contribution in [1.82, 2.24) is 9.78 Å². The van der Waals surface area contributed by atoms with Crippen molar-refractivity contribution in [3.8, 4) is 5.69 Å². The zero-order valence-electron chi connectivity index (χ0n) is 15.5. The molecule has 0 aliphatic heterocycles. The lowest BCUT2D eigenvalue weighted by Crippen LogP contribution is -2.17. The number of hydrogen-bond acceptors (Lipinski definition) is 5. The molecule has 0 atom stereocenters. The molecule has 0 saturated carbocycles. The first kappa shape index (κ1) is 18.8. The summed E-state index contributed by atoms with van der Waals surface area (Å²) < 4.78 is 26.9. The zero-order valence-corrected chi connectivity index (χ0v) is 16.3. The van der Waals surface area contributed by atoms with Gasteiger partial charge in [0.05, 0.1) is 28.2 Å². The molecule has 0 bridgehead atoms. The van der Waals surface area contributed by atoms with Gasteiger partial charge in [0.25, 0.3) is 0 Å². The van der Waals surface area contributed by atoms with E-state index in [1.165, 1.54) is 5.56 Å². The number of hydrogen-bond donors (Lipinski definition) is 1. The second-order valence-electron chi connectivity index (χ2n) is 6.47. The number of benzene rings is 2. The second kappa shape index (κ2) is 7.75. The first-order valence-electron chi connectivity index (χ1n) is 8.62. The maximum atomic E-state index is 12.7. The van der Waals surface area contributed by atoms with Crippen molar-refractivity contribution in [2.45, 2.75) is 30.9 Å². The van der Waals surface area contributed by atoms with E-state index in [2.05, 4.69) is 15.6 Å². The average molecular weight is 382 g/mol. The van der Waals surface area contributed by atoms with E-state index in [4.69, 9.17) is 0 Å². The molecule has 0 spiro atoms. The predicted octanol–water partition coefficient (Wildman–Crippen LogP) is 3.81. The third-order valence-electron chi connectivity index (χ3n) is 4.13. The zero-order chi connectivity index (χ0) is 19.4. The van der Waals surface area contributed by atoms with Crippen molar-refractivity contribution in [2.75, 3.05) is 5.43 Å². The summed E-state index contributed by atoms with van der Waals surface area (Å²) in [4.78, 5) is 0.245. The van der Waals surface area contributed by atoms with Gasteiger partial charge >= 0.3 is 0 Å². The smallest absolute Gasteiger partial charge is 0.182 e. The SMILES string of the molecule is Cc1ccc(/C=N/Nc2ccnn2-c2ccccc2S(=O)(=O)C(C)C)cc1. The standard InChI is InChI=1S/C20H22N4O2S/c1-15(2)27(25,26)19-7-5-4-6-18(19)24-20(12-13-22-24)23-21-14-17-10-8-16(3)9-11-17/h4-15,23H,1-3H3/b21-14+. The van der Waals surface area contributed by atoms with Gasteiger partial charge in [0.15, 0.2) is 9.84 Å². The number of para-hydroxylation sites is 1. The quantitative estimate of drug-likeness (QED) is 0.519. The van der Waals surface area contributed by atoms with Crippen LogP contribution >= 0.6 is 0 Å². The number of nitrogens with one attached hydrogen (secondary N) is 1. The average Bonchev–Trinajstić information content (AvgIpc) is 3.11. The van der Waals surface area contributed by atoms with Crippen molar-refractivity contribution >= 4 is 21.9 Å². The lowest BCUT2D eigenvalue weighted by atomic mass is 10.2. The molecule has 0 saturated heterocycles. The Labute approximate surface area is 159 Å². The van der Waals surface area contributed by atoms with Crippen LogP contribution in [0.1, 0.15) is 25.0 Å². The molecule has 1 heterocycles. The molecule has 27 heavy (non-hydrogen) atoms. The fraction of sp³-hybridized carbons (Fsp3) is 0.200. The maximum absolute atomic E-state index is 12.7. The van der Waals surface area contributed by atoms with Gasteiger partial charge in [0.1, 0.15) is 5.82 Å². The Morgan fingerprint density at radius 2 is 1.78 bits per heavy atom. The van der Waals surface area contributed by atoms with Crippen molar-refractivity contribution in [3.05, 3.63) is 71.9 Å². The minimum atomic E-state index is -3.44. The molecule has 140 valence electrons. The fourth-order valence-corrected chi connectivity index (χ4v) is 3.75. The van der Waals surface area contributed by atoms with Gasteiger partial charge in [0, 0.05) is 6.07 Å². The van der Waals surface area contributed by atoms with Crippen molar-refractivity contribution < 1.29 is 8.42 Å². The second-order valence-corrected chi connectivity index (χ2v) is 8.94. The van der Waals surface area contributed by atoms with Crippen LogP contribution in [0.2, 0.25) is 0 Å². The lowest BCUT2D eigenvalue weighted by Gasteiger charge is -2.14. The normalized spacial score (nSPS) is 12.0. The topological polar surface area (TPSA) is 76.3 Å². The molecule has 6 nitrogen and oxygen atoms in total. The van der Waals surface area contributed by atoms with Crippen LogP contribution < -0.4 is 5.43 Å². The van der Waals surface area contributed by atoms with Crippen LogP contribution in [-0.4, -0.2) is 29.7 Å². The van der Waals surface area contributed by atoms with E-state index in [9.17, 15) is 8.42 Å². The van der Waals surface area contributed by atoms with Gasteiger partial charge in [-0.25, -0.2) is 13.1 Å². The van der Waals surface area contributed by atoms with Crippen molar-refractivity contribution in [1.29, 1.82) is 0 Å². The van der Waals surface area contributed by atoms with Gasteiger partial charge in [0.2, 0.25) is 0 Å². The Balaban J connectivity index is 1.91. The van der Waals surface area contributed by atoms with Crippen LogP contribution in [0.25, 0.3) is 5.69 Å². The van der Waals surface area contributed by atoms with E-state index < -0.39 is 15.1 Å².